The van der Waals surface area contributed by atoms with Crippen LogP contribution in [0, 0.1) is 0 Å². The molecule has 0 fully saturated rings. The minimum Gasteiger partial charge on any atom is -0.397 e. The number of carbonyl (C=O) groups excluding carboxylic acids is 1. The molecule has 0 bridgehead atoms. The van der Waals surface area contributed by atoms with E-state index in [4.69, 9.17) is 33.7 Å². The van der Waals surface area contributed by atoms with Crippen molar-refractivity contribution in [3.63, 3.8) is 0 Å². The molecule has 0 aliphatic carbocycles. The smallest absolute Gasteiger partial charge is 0.226 e. The number of carbonyl (C=O) groups is 1. The average Bonchev–Trinajstić information content (AvgIpc) is 2.33. The average molecular weight is 305 g/mol. The summed E-state index contributed by atoms with van der Waals surface area (Å²) in [6.45, 7) is 4.36. The van der Waals surface area contributed by atoms with E-state index in [0.717, 1.165) is 6.42 Å². The molecule has 106 valence electrons. The van der Waals surface area contributed by atoms with Gasteiger partial charge in [0.2, 0.25) is 5.91 Å². The molecule has 1 atom stereocenters. The second kappa shape index (κ2) is 7.58. The molecule has 0 saturated carbocycles. The largest absolute Gasteiger partial charge is 0.397 e. The Bertz CT molecular complexity index is 429. The van der Waals surface area contributed by atoms with E-state index < -0.39 is 0 Å². The van der Waals surface area contributed by atoms with Crippen molar-refractivity contribution in [2.45, 2.75) is 32.8 Å². The minimum atomic E-state index is -0.195. The molecule has 1 unspecified atom stereocenters. The number of hydrogen-bond donors (Lipinski definition) is 2. The number of rotatable bonds is 6. The highest BCUT2D eigenvalue weighted by Gasteiger charge is 2.11. The Morgan fingerprint density at radius 1 is 1.47 bits per heavy atom. The predicted octanol–water partition coefficient (Wildman–Crippen LogP) is 3.72. The van der Waals surface area contributed by atoms with Gasteiger partial charge < -0.3 is 15.8 Å². The second-order valence-corrected chi connectivity index (χ2v) is 5.08. The molecule has 6 heteroatoms. The quantitative estimate of drug-likeness (QED) is 0.787. The fraction of sp³-hybridized carbons (Fsp3) is 0.462. The highest BCUT2D eigenvalue weighted by atomic mass is 35.5. The summed E-state index contributed by atoms with van der Waals surface area (Å²) in [6.07, 6.45) is 1.32. The van der Waals surface area contributed by atoms with Crippen LogP contribution < -0.4 is 11.1 Å². The lowest BCUT2D eigenvalue weighted by atomic mass is 10.2. The number of hydrogen-bond acceptors (Lipinski definition) is 3. The van der Waals surface area contributed by atoms with Crippen molar-refractivity contribution >= 4 is 40.5 Å². The van der Waals surface area contributed by atoms with E-state index >= 15 is 0 Å². The minimum absolute atomic E-state index is 0.150. The molecular weight excluding hydrogens is 287 g/mol. The van der Waals surface area contributed by atoms with Crippen molar-refractivity contribution in [1.82, 2.24) is 0 Å². The highest BCUT2D eigenvalue weighted by molar-refractivity contribution is 6.37. The molecule has 0 aliphatic heterocycles. The predicted molar refractivity (Wildman–Crippen MR) is 79.8 cm³/mol. The maximum atomic E-state index is 11.7. The number of ether oxygens (including phenoxy) is 1. The lowest BCUT2D eigenvalue weighted by Gasteiger charge is -2.12. The summed E-state index contributed by atoms with van der Waals surface area (Å²) in [5.74, 6) is -0.195. The zero-order valence-electron chi connectivity index (χ0n) is 11.0. The standard InChI is InChI=1S/C13H18Cl2N2O2/c1-3-8(2)19-5-4-12(18)17-13-10(15)6-9(14)7-11(13)16/h6-8H,3-5,16H2,1-2H3,(H,17,18). The summed E-state index contributed by atoms with van der Waals surface area (Å²) >= 11 is 11.8. The Hall–Kier alpha value is -0.970. The van der Waals surface area contributed by atoms with E-state index in [1.54, 1.807) is 6.07 Å². The van der Waals surface area contributed by atoms with E-state index in [2.05, 4.69) is 5.32 Å². The van der Waals surface area contributed by atoms with Gasteiger partial charge in [0.15, 0.2) is 0 Å². The number of nitrogen functional groups attached to an aromatic ring is 1. The Morgan fingerprint density at radius 2 is 2.16 bits per heavy atom. The van der Waals surface area contributed by atoms with Crippen LogP contribution in [0.4, 0.5) is 11.4 Å². The molecule has 3 N–H and O–H groups in total. The van der Waals surface area contributed by atoms with Gasteiger partial charge in [0.05, 0.1) is 35.5 Å². The lowest BCUT2D eigenvalue weighted by Crippen LogP contribution is -2.17. The van der Waals surface area contributed by atoms with Crippen molar-refractivity contribution < 1.29 is 9.53 Å². The summed E-state index contributed by atoms with van der Waals surface area (Å²) in [7, 11) is 0. The second-order valence-electron chi connectivity index (χ2n) is 4.24. The molecule has 0 aliphatic rings. The molecule has 0 aromatic heterocycles. The van der Waals surface area contributed by atoms with Crippen LogP contribution in [-0.2, 0) is 9.53 Å². The molecule has 1 amide bonds. The normalized spacial score (nSPS) is 12.2. The number of amides is 1. The van der Waals surface area contributed by atoms with Crippen molar-refractivity contribution in [2.75, 3.05) is 17.7 Å². The summed E-state index contributed by atoms with van der Waals surface area (Å²) in [6, 6.07) is 3.07. The van der Waals surface area contributed by atoms with Crippen LogP contribution in [-0.4, -0.2) is 18.6 Å². The van der Waals surface area contributed by atoms with Gasteiger partial charge in [-0.3, -0.25) is 4.79 Å². The number of anilines is 2. The van der Waals surface area contributed by atoms with Crippen LogP contribution in [0.2, 0.25) is 10.0 Å². The zero-order chi connectivity index (χ0) is 14.4. The van der Waals surface area contributed by atoms with E-state index in [-0.39, 0.29) is 18.4 Å². The summed E-state index contributed by atoms with van der Waals surface area (Å²) in [5.41, 5.74) is 6.48. The number of nitrogens with two attached hydrogens (primary N) is 1. The molecule has 4 nitrogen and oxygen atoms in total. The molecule has 1 aromatic rings. The van der Waals surface area contributed by atoms with Gasteiger partial charge in [-0.2, -0.15) is 0 Å². The van der Waals surface area contributed by atoms with Crippen molar-refractivity contribution in [3.8, 4) is 0 Å². The zero-order valence-corrected chi connectivity index (χ0v) is 12.5. The number of benzene rings is 1. The highest BCUT2D eigenvalue weighted by Crippen LogP contribution is 2.32. The first kappa shape index (κ1) is 16.1. The van der Waals surface area contributed by atoms with E-state index in [1.165, 1.54) is 6.07 Å². The molecule has 0 saturated heterocycles. The van der Waals surface area contributed by atoms with Crippen molar-refractivity contribution in [2.24, 2.45) is 0 Å². The van der Waals surface area contributed by atoms with Gasteiger partial charge in [-0.15, -0.1) is 0 Å². The first-order valence-corrected chi connectivity index (χ1v) is 6.85. The Labute approximate surface area is 123 Å². The van der Waals surface area contributed by atoms with Crippen molar-refractivity contribution in [1.29, 1.82) is 0 Å². The van der Waals surface area contributed by atoms with Crippen LogP contribution in [0.5, 0.6) is 0 Å². The van der Waals surface area contributed by atoms with Gasteiger partial charge >= 0.3 is 0 Å². The van der Waals surface area contributed by atoms with Crippen LogP contribution >= 0.6 is 23.2 Å². The summed E-state index contributed by atoms with van der Waals surface area (Å²) in [5, 5.41) is 3.41. The maximum Gasteiger partial charge on any atom is 0.226 e. The molecule has 19 heavy (non-hydrogen) atoms. The lowest BCUT2D eigenvalue weighted by molar-refractivity contribution is -0.117. The first-order chi connectivity index (χ1) is 8.93. The fourth-order valence-electron chi connectivity index (χ4n) is 1.40. The third-order valence-electron chi connectivity index (χ3n) is 2.66. The summed E-state index contributed by atoms with van der Waals surface area (Å²) in [4.78, 5) is 11.7. The third kappa shape index (κ3) is 5.27. The van der Waals surface area contributed by atoms with Gasteiger partial charge in [0.1, 0.15) is 0 Å². The molecule has 0 spiro atoms. The Kier molecular flexibility index (Phi) is 6.42. The Morgan fingerprint density at radius 3 is 2.74 bits per heavy atom. The topological polar surface area (TPSA) is 64.3 Å². The molecule has 0 radical (unpaired) electrons. The third-order valence-corrected chi connectivity index (χ3v) is 3.17. The van der Waals surface area contributed by atoms with Gasteiger partial charge in [-0.05, 0) is 25.5 Å². The SMILES string of the molecule is CCC(C)OCCC(=O)Nc1c(N)cc(Cl)cc1Cl. The van der Waals surface area contributed by atoms with Crippen LogP contribution in [0.25, 0.3) is 0 Å². The number of nitrogens with one attached hydrogen (secondary N) is 1. The van der Waals surface area contributed by atoms with E-state index in [0.29, 0.717) is 28.0 Å². The molecule has 0 heterocycles. The fourth-order valence-corrected chi connectivity index (χ4v) is 1.95. The van der Waals surface area contributed by atoms with E-state index in [9.17, 15) is 4.79 Å². The molecular formula is C13H18Cl2N2O2. The van der Waals surface area contributed by atoms with Gasteiger partial charge in [0, 0.05) is 5.02 Å². The van der Waals surface area contributed by atoms with Crippen LogP contribution in [0.3, 0.4) is 0 Å². The molecule has 1 rings (SSSR count). The first-order valence-electron chi connectivity index (χ1n) is 6.10. The molecule has 1 aromatic carbocycles. The van der Waals surface area contributed by atoms with Crippen molar-refractivity contribution in [3.05, 3.63) is 22.2 Å². The van der Waals surface area contributed by atoms with Crippen LogP contribution in [0.1, 0.15) is 26.7 Å². The van der Waals surface area contributed by atoms with Gasteiger partial charge in [0.25, 0.3) is 0 Å². The maximum absolute atomic E-state index is 11.7. The van der Waals surface area contributed by atoms with Gasteiger partial charge in [-0.1, -0.05) is 30.1 Å². The monoisotopic (exact) mass is 304 g/mol. The van der Waals surface area contributed by atoms with Gasteiger partial charge in [-0.25, -0.2) is 0 Å². The number of halogens is 2. The van der Waals surface area contributed by atoms with E-state index in [1.807, 2.05) is 13.8 Å². The van der Waals surface area contributed by atoms with Crippen LogP contribution in [0.15, 0.2) is 12.1 Å². The Balaban J connectivity index is 2.53. The summed E-state index contributed by atoms with van der Waals surface area (Å²) < 4.78 is 5.43.